The normalized spacial score (nSPS) is 11.7. The molecule has 0 bridgehead atoms. The third-order valence-electron chi connectivity index (χ3n) is 3.47. The topological polar surface area (TPSA) is 61.6 Å². The van der Waals surface area contributed by atoms with Crippen LogP contribution in [0.4, 0.5) is 8.78 Å². The second kappa shape index (κ2) is 6.44. The fourth-order valence-corrected chi connectivity index (χ4v) is 3.10. The molecule has 0 N–H and O–H groups in total. The molecule has 0 atom stereocenters. The minimum Gasteiger partial charge on any atom is -0.462 e. The van der Waals surface area contributed by atoms with Crippen LogP contribution in [0.15, 0.2) is 28.8 Å². The molecule has 1 aromatic carbocycles. The number of rotatable bonds is 5. The van der Waals surface area contributed by atoms with Crippen molar-refractivity contribution in [2.24, 2.45) is 0 Å². The summed E-state index contributed by atoms with van der Waals surface area (Å²) in [5.41, 5.74) is 0.601. The molecular formula is C17H15F2NO4S. The van der Waals surface area contributed by atoms with Crippen molar-refractivity contribution >= 4 is 28.3 Å². The number of aryl methyl sites for hydroxylation is 2. The Labute approximate surface area is 146 Å². The maximum atomic E-state index is 14.3. The summed E-state index contributed by atoms with van der Waals surface area (Å²) in [4.78, 5) is 15.6. The predicted octanol–water partition coefficient (Wildman–Crippen LogP) is 4.81. The van der Waals surface area contributed by atoms with E-state index in [9.17, 15) is 13.6 Å². The van der Waals surface area contributed by atoms with Gasteiger partial charge in [0.1, 0.15) is 27.5 Å². The van der Waals surface area contributed by atoms with Gasteiger partial charge in [0.2, 0.25) is 0 Å². The Morgan fingerprint density at radius 1 is 1.36 bits per heavy atom. The largest absolute Gasteiger partial charge is 0.462 e. The molecule has 0 radical (unpaired) electrons. The van der Waals surface area contributed by atoms with Crippen LogP contribution < -0.4 is 4.74 Å². The molecule has 0 amide bonds. The van der Waals surface area contributed by atoms with Crippen LogP contribution in [-0.4, -0.2) is 17.6 Å². The maximum absolute atomic E-state index is 14.3. The predicted molar refractivity (Wildman–Crippen MR) is 88.3 cm³/mol. The van der Waals surface area contributed by atoms with E-state index in [1.54, 1.807) is 20.8 Å². The Kier molecular flexibility index (Phi) is 4.47. The van der Waals surface area contributed by atoms with E-state index in [0.29, 0.717) is 21.7 Å². The molecule has 0 saturated carbocycles. The molecular weight excluding hydrogens is 352 g/mol. The summed E-state index contributed by atoms with van der Waals surface area (Å²) in [5, 5.41) is 0.883. The lowest BCUT2D eigenvalue weighted by atomic mass is 10.1. The molecule has 3 rings (SSSR count). The zero-order valence-corrected chi connectivity index (χ0v) is 14.6. The maximum Gasteiger partial charge on any atom is 0.437 e. The highest BCUT2D eigenvalue weighted by Gasteiger charge is 2.37. The smallest absolute Gasteiger partial charge is 0.437 e. The van der Waals surface area contributed by atoms with Crippen LogP contribution in [0.25, 0.3) is 11.0 Å². The molecule has 3 aromatic rings. The van der Waals surface area contributed by atoms with Crippen LogP contribution in [0.5, 0.6) is 5.75 Å². The van der Waals surface area contributed by atoms with E-state index in [1.165, 1.54) is 18.2 Å². The SMILES string of the molecule is CCOC(=O)c1c(C)oc2ccc(OC(F)(F)c3cnc(C)s3)cc12. The van der Waals surface area contributed by atoms with Crippen LogP contribution in [0, 0.1) is 13.8 Å². The van der Waals surface area contributed by atoms with E-state index in [1.807, 2.05) is 0 Å². The number of aromatic nitrogens is 1. The molecule has 0 aliphatic heterocycles. The molecule has 0 saturated heterocycles. The Bertz CT molecular complexity index is 932. The third-order valence-corrected chi connectivity index (χ3v) is 4.43. The number of carbonyl (C=O) groups excluding carboxylic acids is 1. The van der Waals surface area contributed by atoms with E-state index < -0.39 is 12.1 Å². The van der Waals surface area contributed by atoms with Gasteiger partial charge in [-0.25, -0.2) is 9.78 Å². The van der Waals surface area contributed by atoms with Gasteiger partial charge in [0.25, 0.3) is 0 Å². The summed E-state index contributed by atoms with van der Waals surface area (Å²) < 4.78 is 43.9. The summed E-state index contributed by atoms with van der Waals surface area (Å²) in [7, 11) is 0. The van der Waals surface area contributed by atoms with Crippen molar-refractivity contribution in [3.63, 3.8) is 0 Å². The van der Waals surface area contributed by atoms with Gasteiger partial charge in [-0.15, -0.1) is 11.3 Å². The van der Waals surface area contributed by atoms with Crippen molar-refractivity contribution in [3.05, 3.63) is 45.6 Å². The number of fused-ring (bicyclic) bond motifs is 1. The molecule has 0 spiro atoms. The van der Waals surface area contributed by atoms with Crippen molar-refractivity contribution in [1.82, 2.24) is 4.98 Å². The van der Waals surface area contributed by atoms with Gasteiger partial charge in [-0.2, -0.15) is 8.78 Å². The van der Waals surface area contributed by atoms with Crippen LogP contribution in [-0.2, 0) is 10.8 Å². The van der Waals surface area contributed by atoms with Crippen molar-refractivity contribution in [3.8, 4) is 5.75 Å². The van der Waals surface area contributed by atoms with E-state index >= 15 is 0 Å². The number of furan rings is 1. The van der Waals surface area contributed by atoms with Gasteiger partial charge in [-0.3, -0.25) is 0 Å². The first-order chi connectivity index (χ1) is 11.8. The molecule has 5 nitrogen and oxygen atoms in total. The number of nitrogens with zero attached hydrogens (tertiary/aromatic N) is 1. The fourth-order valence-electron chi connectivity index (χ4n) is 2.41. The van der Waals surface area contributed by atoms with Gasteiger partial charge in [-0.1, -0.05) is 0 Å². The van der Waals surface area contributed by atoms with E-state index in [0.717, 1.165) is 17.5 Å². The minimum atomic E-state index is -3.53. The lowest BCUT2D eigenvalue weighted by Crippen LogP contribution is -2.20. The highest BCUT2D eigenvalue weighted by atomic mass is 32.1. The Morgan fingerprint density at radius 3 is 2.76 bits per heavy atom. The average molecular weight is 367 g/mol. The van der Waals surface area contributed by atoms with Gasteiger partial charge in [-0.05, 0) is 39.0 Å². The second-order valence-electron chi connectivity index (χ2n) is 5.27. The number of esters is 1. The average Bonchev–Trinajstić information content (AvgIpc) is 3.10. The molecule has 132 valence electrons. The number of carbonyl (C=O) groups is 1. The molecule has 2 aromatic heterocycles. The first-order valence-corrected chi connectivity index (χ1v) is 8.33. The van der Waals surface area contributed by atoms with Crippen LogP contribution >= 0.6 is 11.3 Å². The zero-order valence-electron chi connectivity index (χ0n) is 13.8. The first kappa shape index (κ1) is 17.3. The summed E-state index contributed by atoms with van der Waals surface area (Å²) >= 11 is 0.858. The number of ether oxygens (including phenoxy) is 2. The van der Waals surface area contributed by atoms with Crippen molar-refractivity contribution in [2.45, 2.75) is 26.9 Å². The van der Waals surface area contributed by atoms with Crippen LogP contribution in [0.1, 0.15) is 32.9 Å². The van der Waals surface area contributed by atoms with Crippen molar-refractivity contribution < 1.29 is 27.5 Å². The summed E-state index contributed by atoms with van der Waals surface area (Å²) in [6.45, 7) is 5.13. The molecule has 2 heterocycles. The zero-order chi connectivity index (χ0) is 18.2. The van der Waals surface area contributed by atoms with Gasteiger partial charge in [0.05, 0.1) is 17.8 Å². The van der Waals surface area contributed by atoms with Gasteiger partial charge in [0.15, 0.2) is 0 Å². The molecule has 0 aliphatic carbocycles. The number of hydrogen-bond donors (Lipinski definition) is 0. The van der Waals surface area contributed by atoms with Crippen molar-refractivity contribution in [1.29, 1.82) is 0 Å². The number of hydrogen-bond acceptors (Lipinski definition) is 6. The lowest BCUT2D eigenvalue weighted by molar-refractivity contribution is -0.182. The first-order valence-electron chi connectivity index (χ1n) is 7.52. The summed E-state index contributed by atoms with van der Waals surface area (Å²) in [6.07, 6.45) is -2.44. The van der Waals surface area contributed by atoms with Gasteiger partial charge in [0, 0.05) is 5.39 Å². The number of benzene rings is 1. The van der Waals surface area contributed by atoms with E-state index in [2.05, 4.69) is 4.98 Å². The number of thiazole rings is 1. The monoisotopic (exact) mass is 367 g/mol. The summed E-state index contributed by atoms with van der Waals surface area (Å²) in [5.74, 6) is -0.300. The second-order valence-corrected chi connectivity index (χ2v) is 6.51. The van der Waals surface area contributed by atoms with Crippen molar-refractivity contribution in [2.75, 3.05) is 6.61 Å². The van der Waals surface area contributed by atoms with Gasteiger partial charge < -0.3 is 13.9 Å². The quantitative estimate of drug-likeness (QED) is 0.606. The molecule has 0 unspecified atom stereocenters. The third kappa shape index (κ3) is 3.34. The van der Waals surface area contributed by atoms with Crippen LogP contribution in [0.3, 0.4) is 0 Å². The molecule has 0 aliphatic rings. The number of alkyl halides is 2. The minimum absolute atomic E-state index is 0.0881. The van der Waals surface area contributed by atoms with Gasteiger partial charge >= 0.3 is 12.1 Å². The van der Waals surface area contributed by atoms with E-state index in [4.69, 9.17) is 13.9 Å². The summed E-state index contributed by atoms with van der Waals surface area (Å²) in [6, 6.07) is 4.19. The molecule has 25 heavy (non-hydrogen) atoms. The number of halogens is 2. The van der Waals surface area contributed by atoms with E-state index in [-0.39, 0.29) is 22.8 Å². The lowest BCUT2D eigenvalue weighted by Gasteiger charge is -2.16. The highest BCUT2D eigenvalue weighted by molar-refractivity contribution is 7.11. The Morgan fingerprint density at radius 2 is 2.12 bits per heavy atom. The Balaban J connectivity index is 1.98. The molecule has 0 fully saturated rings. The Hall–Kier alpha value is -2.48. The molecule has 8 heteroatoms. The van der Waals surface area contributed by atoms with Crippen LogP contribution in [0.2, 0.25) is 0 Å². The highest BCUT2D eigenvalue weighted by Crippen LogP contribution is 2.37. The fraction of sp³-hybridized carbons (Fsp3) is 0.294. The standard InChI is InChI=1S/C17H15F2NO4S/c1-4-22-16(21)15-9(2)23-13-6-5-11(7-12(13)15)24-17(18,19)14-8-20-10(3)25-14/h5-8H,4H2,1-3H3.